The molecule has 0 saturated heterocycles. The SMILES string of the molecule is CCOC(=O)C1(Sc2ccnc3ccc(C#N)cc23)CCC1.N#Cc1ccc2nccc(SC3(C(=O)O)CCC3)c2c1. The van der Waals surface area contributed by atoms with Crippen molar-refractivity contribution in [2.75, 3.05) is 6.61 Å². The van der Waals surface area contributed by atoms with Gasteiger partial charge in [0, 0.05) is 33.0 Å². The summed E-state index contributed by atoms with van der Waals surface area (Å²) in [5.74, 6) is -0.886. The Labute approximate surface area is 252 Å². The zero-order valence-corrected chi connectivity index (χ0v) is 24.6. The second kappa shape index (κ2) is 12.4. The van der Waals surface area contributed by atoms with E-state index in [0.29, 0.717) is 30.6 Å². The Morgan fingerprint density at radius 1 is 0.833 bits per heavy atom. The highest BCUT2D eigenvalue weighted by atomic mass is 32.2. The van der Waals surface area contributed by atoms with E-state index in [1.54, 1.807) is 48.4 Å². The first-order valence-corrected chi connectivity index (χ1v) is 15.3. The maximum absolute atomic E-state index is 12.3. The quantitative estimate of drug-likeness (QED) is 0.224. The normalized spacial score (nSPS) is 16.1. The largest absolute Gasteiger partial charge is 0.480 e. The van der Waals surface area contributed by atoms with Crippen LogP contribution in [0.2, 0.25) is 0 Å². The Kier molecular flexibility index (Phi) is 8.67. The number of carboxylic acids is 1. The minimum atomic E-state index is -0.754. The number of rotatable bonds is 7. The van der Waals surface area contributed by atoms with Crippen molar-refractivity contribution < 1.29 is 19.4 Å². The molecular weight excluding hydrogens is 569 g/mol. The first kappa shape index (κ1) is 29.4. The maximum atomic E-state index is 12.3. The first-order chi connectivity index (χ1) is 20.3. The number of esters is 1. The predicted molar refractivity (Wildman–Crippen MR) is 162 cm³/mol. The summed E-state index contributed by atoms with van der Waals surface area (Å²) in [5, 5.41) is 29.3. The summed E-state index contributed by atoms with van der Waals surface area (Å²) in [7, 11) is 0. The summed E-state index contributed by atoms with van der Waals surface area (Å²) in [6, 6.07) is 18.7. The average Bonchev–Trinajstić information content (AvgIpc) is 2.96. The second-order valence-electron chi connectivity index (χ2n) is 10.2. The van der Waals surface area contributed by atoms with Gasteiger partial charge in [-0.15, -0.1) is 23.5 Å². The Balaban J connectivity index is 0.000000169. The molecule has 0 aliphatic heterocycles. The molecule has 212 valence electrons. The molecule has 10 heteroatoms. The van der Waals surface area contributed by atoms with Crippen LogP contribution < -0.4 is 0 Å². The third kappa shape index (κ3) is 5.78. The fourth-order valence-corrected chi connectivity index (χ4v) is 7.81. The number of thioether (sulfide) groups is 2. The van der Waals surface area contributed by atoms with Gasteiger partial charge in [-0.2, -0.15) is 10.5 Å². The molecule has 2 aliphatic carbocycles. The number of aliphatic carboxylic acids is 1. The van der Waals surface area contributed by atoms with Gasteiger partial charge >= 0.3 is 11.9 Å². The van der Waals surface area contributed by atoms with Crippen molar-refractivity contribution in [2.45, 2.75) is 64.7 Å². The fourth-order valence-electron chi connectivity index (χ4n) is 4.95. The van der Waals surface area contributed by atoms with Gasteiger partial charge in [-0.1, -0.05) is 0 Å². The molecule has 4 aromatic rings. The standard InChI is InChI=1S/C17H16N2O2S.C15H12N2O2S/c1-2-21-16(20)17(7-3-8-17)22-15-6-9-19-14-5-4-12(11-18)10-13(14)15;16-9-10-2-3-12-11(8-10)13(4-7-17-12)20-15(14(18)19)5-1-6-15/h4-6,9-10H,2-3,7-8H2,1H3;2-4,7-8H,1,5-6H2,(H,18,19). The summed E-state index contributed by atoms with van der Waals surface area (Å²) in [4.78, 5) is 34.2. The van der Waals surface area contributed by atoms with Gasteiger partial charge in [0.2, 0.25) is 0 Å². The van der Waals surface area contributed by atoms with E-state index in [2.05, 4.69) is 22.1 Å². The summed E-state index contributed by atoms with van der Waals surface area (Å²) >= 11 is 2.94. The molecule has 2 fully saturated rings. The van der Waals surface area contributed by atoms with Crippen LogP contribution in [-0.4, -0.2) is 43.1 Å². The molecule has 0 bridgehead atoms. The van der Waals surface area contributed by atoms with Crippen LogP contribution in [0.3, 0.4) is 0 Å². The molecule has 0 unspecified atom stereocenters. The van der Waals surface area contributed by atoms with Gasteiger partial charge in [0.25, 0.3) is 0 Å². The van der Waals surface area contributed by atoms with Gasteiger partial charge < -0.3 is 9.84 Å². The molecule has 2 aromatic carbocycles. The molecule has 2 aromatic heterocycles. The molecule has 1 N–H and O–H groups in total. The van der Waals surface area contributed by atoms with E-state index >= 15 is 0 Å². The Morgan fingerprint density at radius 3 is 1.69 bits per heavy atom. The van der Waals surface area contributed by atoms with E-state index in [1.165, 1.54) is 11.8 Å². The Morgan fingerprint density at radius 2 is 1.31 bits per heavy atom. The number of nitriles is 2. The lowest BCUT2D eigenvalue weighted by molar-refractivity contribution is -0.148. The van der Waals surface area contributed by atoms with Crippen LogP contribution in [0, 0.1) is 22.7 Å². The molecule has 42 heavy (non-hydrogen) atoms. The molecule has 2 heterocycles. The summed E-state index contributed by atoms with van der Waals surface area (Å²) in [6.07, 6.45) is 8.46. The molecule has 0 radical (unpaired) electrons. The van der Waals surface area contributed by atoms with E-state index < -0.39 is 15.5 Å². The lowest BCUT2D eigenvalue weighted by Crippen LogP contribution is -2.43. The van der Waals surface area contributed by atoms with Crippen LogP contribution in [0.4, 0.5) is 0 Å². The van der Waals surface area contributed by atoms with Crippen LogP contribution in [0.25, 0.3) is 21.8 Å². The number of benzene rings is 2. The number of nitrogens with zero attached hydrogens (tertiary/aromatic N) is 4. The summed E-state index contributed by atoms with van der Waals surface area (Å²) in [6.45, 7) is 2.23. The van der Waals surface area contributed by atoms with Gasteiger partial charge in [-0.3, -0.25) is 19.6 Å². The Hall–Kier alpha value is -4.12. The van der Waals surface area contributed by atoms with Crippen LogP contribution in [0.15, 0.2) is 70.7 Å². The van der Waals surface area contributed by atoms with Crippen molar-refractivity contribution in [1.82, 2.24) is 9.97 Å². The van der Waals surface area contributed by atoms with Crippen LogP contribution >= 0.6 is 23.5 Å². The Bertz CT molecular complexity index is 1750. The number of carbonyl (C=O) groups excluding carboxylic acids is 1. The molecule has 0 amide bonds. The van der Waals surface area contributed by atoms with Gasteiger partial charge in [0.05, 0.1) is 40.9 Å². The van der Waals surface area contributed by atoms with Crippen molar-refractivity contribution in [3.05, 3.63) is 72.1 Å². The first-order valence-electron chi connectivity index (χ1n) is 13.7. The minimum Gasteiger partial charge on any atom is -0.480 e. The van der Waals surface area contributed by atoms with E-state index in [9.17, 15) is 14.7 Å². The zero-order valence-electron chi connectivity index (χ0n) is 23.0. The second-order valence-corrected chi connectivity index (χ2v) is 13.1. The molecular formula is C32H28N4O4S2. The number of pyridine rings is 2. The molecule has 0 spiro atoms. The minimum absolute atomic E-state index is 0.132. The predicted octanol–water partition coefficient (Wildman–Crippen LogP) is 6.89. The van der Waals surface area contributed by atoms with E-state index in [1.807, 2.05) is 31.2 Å². The van der Waals surface area contributed by atoms with E-state index in [-0.39, 0.29) is 5.97 Å². The number of ether oxygens (including phenoxy) is 1. The topological polar surface area (TPSA) is 137 Å². The number of carboxylic acid groups (broad SMARTS) is 1. The highest BCUT2D eigenvalue weighted by Crippen LogP contribution is 2.50. The number of aromatic nitrogens is 2. The third-order valence-corrected chi connectivity index (χ3v) is 10.7. The number of hydrogen-bond acceptors (Lipinski definition) is 9. The van der Waals surface area contributed by atoms with Gasteiger partial charge in [0.15, 0.2) is 0 Å². The zero-order chi connectivity index (χ0) is 29.7. The molecule has 0 atom stereocenters. The van der Waals surface area contributed by atoms with Crippen LogP contribution in [0.5, 0.6) is 0 Å². The van der Waals surface area contributed by atoms with Crippen molar-refractivity contribution in [2.24, 2.45) is 0 Å². The van der Waals surface area contributed by atoms with Crippen LogP contribution in [0.1, 0.15) is 56.6 Å². The van der Waals surface area contributed by atoms with Crippen LogP contribution in [-0.2, 0) is 14.3 Å². The van der Waals surface area contributed by atoms with Crippen molar-refractivity contribution >= 4 is 57.3 Å². The third-order valence-electron chi connectivity index (χ3n) is 7.63. The van der Waals surface area contributed by atoms with E-state index in [0.717, 1.165) is 57.3 Å². The summed E-state index contributed by atoms with van der Waals surface area (Å²) in [5.41, 5.74) is 2.78. The summed E-state index contributed by atoms with van der Waals surface area (Å²) < 4.78 is 4.06. The monoisotopic (exact) mass is 596 g/mol. The van der Waals surface area contributed by atoms with Crippen molar-refractivity contribution in [1.29, 1.82) is 10.5 Å². The highest BCUT2D eigenvalue weighted by molar-refractivity contribution is 8.02. The van der Waals surface area contributed by atoms with Crippen molar-refractivity contribution in [3.8, 4) is 12.1 Å². The number of hydrogen-bond donors (Lipinski definition) is 1. The molecule has 2 aliphatic rings. The smallest absolute Gasteiger partial charge is 0.322 e. The molecule has 8 nitrogen and oxygen atoms in total. The van der Waals surface area contributed by atoms with Gasteiger partial charge in [-0.05, 0) is 94.0 Å². The van der Waals surface area contributed by atoms with Gasteiger partial charge in [-0.25, -0.2) is 0 Å². The van der Waals surface area contributed by atoms with E-state index in [4.69, 9.17) is 15.3 Å². The highest BCUT2D eigenvalue weighted by Gasteiger charge is 2.47. The molecule has 2 saturated carbocycles. The lowest BCUT2D eigenvalue weighted by Gasteiger charge is -2.38. The lowest BCUT2D eigenvalue weighted by atomic mass is 9.84. The number of fused-ring (bicyclic) bond motifs is 2. The molecule has 6 rings (SSSR count). The number of carbonyl (C=O) groups is 2. The van der Waals surface area contributed by atoms with Crippen molar-refractivity contribution in [3.63, 3.8) is 0 Å². The maximum Gasteiger partial charge on any atom is 0.322 e. The fraction of sp³-hybridized carbons (Fsp3) is 0.312. The average molecular weight is 597 g/mol. The van der Waals surface area contributed by atoms with Gasteiger partial charge in [0.1, 0.15) is 9.49 Å².